The van der Waals surface area contributed by atoms with Gasteiger partial charge in [-0.3, -0.25) is 14.4 Å². The first-order valence-corrected chi connectivity index (χ1v) is 7.50. The third-order valence-corrected chi connectivity index (χ3v) is 3.64. The molecule has 1 aromatic rings. The van der Waals surface area contributed by atoms with Gasteiger partial charge in [-0.1, -0.05) is 12.1 Å². The zero-order valence-corrected chi connectivity index (χ0v) is 13.4. The number of anilines is 1. The second-order valence-corrected chi connectivity index (χ2v) is 5.41. The standard InChI is InChI=1S/C16H19N3O5/c1-9(16(23)24-2)17-13(20)8-7-12-15(22)18-11-6-4-3-5-10(11)14(21)19-12/h3-6,9,12H,7-8H2,1-2H3,(H,17,20)(H,18,22)(H,19,21)/t9-,12+/m1/s1. The lowest BCUT2D eigenvalue weighted by Gasteiger charge is -2.15. The molecule has 2 atom stereocenters. The van der Waals surface area contributed by atoms with Crippen LogP contribution in [-0.4, -0.2) is 42.9 Å². The average Bonchev–Trinajstić information content (AvgIpc) is 2.68. The molecule has 0 saturated heterocycles. The Morgan fingerprint density at radius 1 is 1.29 bits per heavy atom. The highest BCUT2D eigenvalue weighted by molar-refractivity contribution is 6.09. The molecule has 0 unspecified atom stereocenters. The normalized spacial score (nSPS) is 17.7. The molecule has 8 heteroatoms. The van der Waals surface area contributed by atoms with Gasteiger partial charge in [-0.15, -0.1) is 0 Å². The Hall–Kier alpha value is -2.90. The van der Waals surface area contributed by atoms with Gasteiger partial charge < -0.3 is 20.7 Å². The minimum atomic E-state index is -0.830. The van der Waals surface area contributed by atoms with Crippen LogP contribution in [0.4, 0.5) is 5.69 Å². The molecule has 0 fully saturated rings. The van der Waals surface area contributed by atoms with Crippen molar-refractivity contribution in [3.8, 4) is 0 Å². The number of benzene rings is 1. The van der Waals surface area contributed by atoms with Crippen LogP contribution in [0.1, 0.15) is 30.1 Å². The number of carbonyl (C=O) groups excluding carboxylic acids is 4. The Labute approximate surface area is 138 Å². The third-order valence-electron chi connectivity index (χ3n) is 3.64. The summed E-state index contributed by atoms with van der Waals surface area (Å²) >= 11 is 0. The van der Waals surface area contributed by atoms with Crippen LogP contribution in [0.2, 0.25) is 0 Å². The highest BCUT2D eigenvalue weighted by atomic mass is 16.5. The van der Waals surface area contributed by atoms with Crippen molar-refractivity contribution in [3.63, 3.8) is 0 Å². The van der Waals surface area contributed by atoms with Gasteiger partial charge in [0.05, 0.1) is 18.4 Å². The van der Waals surface area contributed by atoms with Gasteiger partial charge in [0.15, 0.2) is 0 Å². The smallest absolute Gasteiger partial charge is 0.328 e. The molecule has 0 aromatic heterocycles. The summed E-state index contributed by atoms with van der Waals surface area (Å²) in [6.45, 7) is 1.50. The van der Waals surface area contributed by atoms with E-state index in [2.05, 4.69) is 20.7 Å². The van der Waals surface area contributed by atoms with Crippen molar-refractivity contribution in [2.75, 3.05) is 12.4 Å². The topological polar surface area (TPSA) is 114 Å². The van der Waals surface area contributed by atoms with Gasteiger partial charge in [-0.2, -0.15) is 0 Å². The van der Waals surface area contributed by atoms with Gasteiger partial charge in [0.2, 0.25) is 11.8 Å². The van der Waals surface area contributed by atoms with Crippen LogP contribution in [0.15, 0.2) is 24.3 Å². The van der Waals surface area contributed by atoms with Crippen LogP contribution >= 0.6 is 0 Å². The number of carbonyl (C=O) groups is 4. The van der Waals surface area contributed by atoms with Gasteiger partial charge in [0.25, 0.3) is 5.91 Å². The lowest BCUT2D eigenvalue weighted by molar-refractivity contribution is -0.144. The summed E-state index contributed by atoms with van der Waals surface area (Å²) < 4.78 is 4.52. The predicted molar refractivity (Wildman–Crippen MR) is 85.2 cm³/mol. The molecule has 1 heterocycles. The molecule has 0 aliphatic carbocycles. The van der Waals surface area contributed by atoms with Gasteiger partial charge in [0.1, 0.15) is 12.1 Å². The largest absolute Gasteiger partial charge is 0.467 e. The number of fused-ring (bicyclic) bond motifs is 1. The molecule has 1 aliphatic rings. The van der Waals surface area contributed by atoms with Crippen LogP contribution in [0, 0.1) is 0 Å². The summed E-state index contributed by atoms with van der Waals surface area (Å²) in [4.78, 5) is 47.4. The van der Waals surface area contributed by atoms with Crippen molar-refractivity contribution < 1.29 is 23.9 Å². The van der Waals surface area contributed by atoms with Crippen LogP contribution in [0.5, 0.6) is 0 Å². The summed E-state index contributed by atoms with van der Waals surface area (Å²) in [6.07, 6.45) is 0.0985. The van der Waals surface area contributed by atoms with Crippen molar-refractivity contribution in [2.24, 2.45) is 0 Å². The Kier molecular flexibility index (Phi) is 5.51. The number of hydrogen-bond donors (Lipinski definition) is 3. The van der Waals surface area contributed by atoms with Crippen LogP contribution in [0.25, 0.3) is 0 Å². The second kappa shape index (κ2) is 7.58. The van der Waals surface area contributed by atoms with Crippen molar-refractivity contribution in [1.82, 2.24) is 10.6 Å². The molecule has 24 heavy (non-hydrogen) atoms. The van der Waals surface area contributed by atoms with Crippen molar-refractivity contribution in [3.05, 3.63) is 29.8 Å². The molecule has 8 nitrogen and oxygen atoms in total. The first-order chi connectivity index (χ1) is 11.4. The van der Waals surface area contributed by atoms with E-state index in [0.717, 1.165) is 0 Å². The van der Waals surface area contributed by atoms with Crippen LogP contribution < -0.4 is 16.0 Å². The van der Waals surface area contributed by atoms with Crippen LogP contribution in [-0.2, 0) is 19.1 Å². The molecule has 0 radical (unpaired) electrons. The SMILES string of the molecule is COC(=O)[C@@H](C)NC(=O)CC[C@@H]1NC(=O)c2ccccc2NC1=O. The Morgan fingerprint density at radius 3 is 2.71 bits per heavy atom. The minimum Gasteiger partial charge on any atom is -0.467 e. The summed E-state index contributed by atoms with van der Waals surface area (Å²) in [7, 11) is 1.23. The second-order valence-electron chi connectivity index (χ2n) is 5.41. The maximum atomic E-state index is 12.2. The molecule has 0 saturated carbocycles. The molecule has 128 valence electrons. The average molecular weight is 333 g/mol. The zero-order chi connectivity index (χ0) is 17.7. The molecule has 0 bridgehead atoms. The number of nitrogens with one attached hydrogen (secondary N) is 3. The molecule has 1 aromatic carbocycles. The number of para-hydroxylation sites is 1. The highest BCUT2D eigenvalue weighted by Crippen LogP contribution is 2.19. The lowest BCUT2D eigenvalue weighted by atomic mass is 10.1. The van der Waals surface area contributed by atoms with Gasteiger partial charge in [-0.05, 0) is 25.5 Å². The maximum Gasteiger partial charge on any atom is 0.328 e. The molecule has 1 aliphatic heterocycles. The third kappa shape index (κ3) is 4.09. The number of esters is 1. The summed E-state index contributed by atoms with van der Waals surface area (Å²) in [6, 6.07) is 5.06. The van der Waals surface area contributed by atoms with Crippen molar-refractivity contribution >= 4 is 29.4 Å². The van der Waals surface area contributed by atoms with E-state index in [1.54, 1.807) is 24.3 Å². The van der Waals surface area contributed by atoms with Crippen molar-refractivity contribution in [2.45, 2.75) is 31.8 Å². The maximum absolute atomic E-state index is 12.2. The number of hydrogen-bond acceptors (Lipinski definition) is 5. The monoisotopic (exact) mass is 333 g/mol. The van der Waals surface area contributed by atoms with E-state index in [1.807, 2.05) is 0 Å². The van der Waals surface area contributed by atoms with E-state index in [1.165, 1.54) is 14.0 Å². The van der Waals surface area contributed by atoms with E-state index in [0.29, 0.717) is 11.3 Å². The number of amides is 3. The zero-order valence-electron chi connectivity index (χ0n) is 13.4. The van der Waals surface area contributed by atoms with E-state index >= 15 is 0 Å². The molecule has 0 spiro atoms. The number of methoxy groups -OCH3 is 1. The predicted octanol–water partition coefficient (Wildman–Crippen LogP) is 0.195. The van der Waals surface area contributed by atoms with E-state index in [-0.39, 0.29) is 24.7 Å². The quantitative estimate of drug-likeness (QED) is 0.666. The van der Waals surface area contributed by atoms with Gasteiger partial charge in [0, 0.05) is 6.42 Å². The fraction of sp³-hybridized carbons (Fsp3) is 0.375. The molecule has 3 N–H and O–H groups in total. The summed E-state index contributed by atoms with van der Waals surface area (Å²) in [5, 5.41) is 7.74. The Balaban J connectivity index is 1.94. The lowest BCUT2D eigenvalue weighted by Crippen LogP contribution is -2.43. The fourth-order valence-corrected chi connectivity index (χ4v) is 2.34. The molecular weight excluding hydrogens is 314 g/mol. The van der Waals surface area contributed by atoms with Crippen LogP contribution in [0.3, 0.4) is 0 Å². The Bertz CT molecular complexity index is 673. The number of ether oxygens (including phenoxy) is 1. The first-order valence-electron chi connectivity index (χ1n) is 7.50. The summed E-state index contributed by atoms with van der Waals surface area (Å²) in [5.41, 5.74) is 0.809. The van der Waals surface area contributed by atoms with Gasteiger partial charge in [-0.25, -0.2) is 4.79 Å². The van der Waals surface area contributed by atoms with E-state index < -0.39 is 24.0 Å². The Morgan fingerprint density at radius 2 is 2.00 bits per heavy atom. The summed E-state index contributed by atoms with van der Waals surface area (Å²) in [5.74, 6) is -1.73. The molecule has 3 amide bonds. The van der Waals surface area contributed by atoms with Crippen molar-refractivity contribution in [1.29, 1.82) is 0 Å². The highest BCUT2D eigenvalue weighted by Gasteiger charge is 2.28. The molecule has 2 rings (SSSR count). The minimum absolute atomic E-state index is 0.0178. The van der Waals surface area contributed by atoms with E-state index in [9.17, 15) is 19.2 Å². The molecular formula is C16H19N3O5. The number of rotatable bonds is 5. The first kappa shape index (κ1) is 17.5. The fourth-order valence-electron chi connectivity index (χ4n) is 2.34. The van der Waals surface area contributed by atoms with E-state index in [4.69, 9.17) is 0 Å². The van der Waals surface area contributed by atoms with Gasteiger partial charge >= 0.3 is 5.97 Å².